The van der Waals surface area contributed by atoms with E-state index in [4.69, 9.17) is 0 Å². The average Bonchev–Trinajstić information content (AvgIpc) is 3.04. The minimum absolute atomic E-state index is 0.163. The predicted molar refractivity (Wildman–Crippen MR) is 113 cm³/mol. The zero-order valence-electron chi connectivity index (χ0n) is 17.5. The number of rotatable bonds is 3. The molecule has 0 bridgehead atoms. The fourth-order valence-corrected chi connectivity index (χ4v) is 5.33. The molecule has 4 heterocycles. The number of piperazine rings is 1. The zero-order chi connectivity index (χ0) is 21.5. The third-order valence-electron chi connectivity index (χ3n) is 7.09. The van der Waals surface area contributed by atoms with E-state index in [1.54, 1.807) is 6.07 Å². The van der Waals surface area contributed by atoms with Crippen LogP contribution in [0.2, 0.25) is 0 Å². The number of aliphatic hydroxyl groups excluding tert-OH is 1. The molecule has 0 radical (unpaired) electrons. The summed E-state index contributed by atoms with van der Waals surface area (Å²) in [4.78, 5) is 42.9. The molecule has 31 heavy (non-hydrogen) atoms. The molecule has 9 nitrogen and oxygen atoms in total. The van der Waals surface area contributed by atoms with Crippen LogP contribution in [0.25, 0.3) is 0 Å². The minimum atomic E-state index is -1.17. The van der Waals surface area contributed by atoms with Gasteiger partial charge in [-0.25, -0.2) is 0 Å². The molecule has 4 aliphatic rings. The summed E-state index contributed by atoms with van der Waals surface area (Å²) in [5.41, 5.74) is 1.93. The lowest BCUT2D eigenvalue weighted by atomic mass is 10.0. The number of hydrogen-bond donors (Lipinski definition) is 3. The summed E-state index contributed by atoms with van der Waals surface area (Å²) in [6.45, 7) is 5.97. The second kappa shape index (κ2) is 8.22. The van der Waals surface area contributed by atoms with Gasteiger partial charge in [-0.2, -0.15) is 0 Å². The molecule has 3 saturated heterocycles. The number of fused-ring (bicyclic) bond motifs is 1. The van der Waals surface area contributed by atoms with Gasteiger partial charge in [0.25, 0.3) is 5.91 Å². The Balaban J connectivity index is 1.29. The first-order valence-electron chi connectivity index (χ1n) is 11.2. The lowest BCUT2D eigenvalue weighted by Crippen LogP contribution is -2.53. The van der Waals surface area contributed by atoms with E-state index in [9.17, 15) is 19.5 Å². The van der Waals surface area contributed by atoms with Gasteiger partial charge in [-0.1, -0.05) is 6.07 Å². The second-order valence-corrected chi connectivity index (χ2v) is 8.83. The van der Waals surface area contributed by atoms with Gasteiger partial charge in [-0.3, -0.25) is 29.5 Å². The standard InChI is InChI=1S/C22H29N5O4/c28-19-4-3-18(20(29)24-19)27-21(30)16-2-1-15(13-17(16)22(27)31)26-11-9-25(10-12-26)14-5-7-23-8-6-14/h1-2,13-14,18,21,23,30H,3-12H2,(H,24,28,29). The van der Waals surface area contributed by atoms with Gasteiger partial charge in [0, 0.05) is 55.5 Å². The van der Waals surface area contributed by atoms with Crippen LogP contribution in [0.15, 0.2) is 18.2 Å². The number of hydrogen-bond acceptors (Lipinski definition) is 7. The number of piperidine rings is 2. The predicted octanol–water partition coefficient (Wildman–Crippen LogP) is -0.187. The van der Waals surface area contributed by atoms with Gasteiger partial charge in [-0.15, -0.1) is 0 Å². The van der Waals surface area contributed by atoms with Crippen molar-refractivity contribution in [1.82, 2.24) is 20.4 Å². The lowest BCUT2D eigenvalue weighted by molar-refractivity contribution is -0.139. The number of imide groups is 1. The van der Waals surface area contributed by atoms with E-state index in [0.717, 1.165) is 45.0 Å². The van der Waals surface area contributed by atoms with E-state index in [1.165, 1.54) is 17.7 Å². The van der Waals surface area contributed by atoms with Gasteiger partial charge in [0.15, 0.2) is 6.23 Å². The Morgan fingerprint density at radius 1 is 0.968 bits per heavy atom. The molecule has 5 rings (SSSR count). The molecule has 9 heteroatoms. The van der Waals surface area contributed by atoms with Crippen molar-refractivity contribution in [2.75, 3.05) is 44.2 Å². The Labute approximate surface area is 181 Å². The van der Waals surface area contributed by atoms with E-state index >= 15 is 0 Å². The molecule has 0 aliphatic carbocycles. The van der Waals surface area contributed by atoms with Crippen LogP contribution in [0.1, 0.15) is 47.8 Å². The summed E-state index contributed by atoms with van der Waals surface area (Å²) >= 11 is 0. The monoisotopic (exact) mass is 427 g/mol. The van der Waals surface area contributed by atoms with E-state index in [2.05, 4.69) is 20.4 Å². The van der Waals surface area contributed by atoms with Crippen LogP contribution in [0.3, 0.4) is 0 Å². The van der Waals surface area contributed by atoms with E-state index in [-0.39, 0.29) is 24.7 Å². The van der Waals surface area contributed by atoms with E-state index in [1.807, 2.05) is 12.1 Å². The molecule has 1 aromatic rings. The minimum Gasteiger partial charge on any atom is -0.369 e. The van der Waals surface area contributed by atoms with Crippen LogP contribution >= 0.6 is 0 Å². The molecule has 0 saturated carbocycles. The molecule has 3 amide bonds. The van der Waals surface area contributed by atoms with Crippen molar-refractivity contribution >= 4 is 23.4 Å². The van der Waals surface area contributed by atoms with Crippen molar-refractivity contribution in [3.05, 3.63) is 29.3 Å². The molecule has 1 aromatic carbocycles. The maximum absolute atomic E-state index is 13.1. The van der Waals surface area contributed by atoms with E-state index in [0.29, 0.717) is 17.2 Å². The fraction of sp³-hybridized carbons (Fsp3) is 0.591. The highest BCUT2D eigenvalue weighted by Crippen LogP contribution is 2.37. The largest absolute Gasteiger partial charge is 0.369 e. The molecule has 0 spiro atoms. The summed E-state index contributed by atoms with van der Waals surface area (Å²) in [5, 5.41) is 16.4. The lowest BCUT2D eigenvalue weighted by Gasteiger charge is -2.41. The van der Waals surface area contributed by atoms with Crippen LogP contribution in [0, 0.1) is 0 Å². The fourth-order valence-electron chi connectivity index (χ4n) is 5.33. The molecular formula is C22H29N5O4. The number of aliphatic hydroxyl groups is 1. The van der Waals surface area contributed by atoms with Gasteiger partial charge in [0.1, 0.15) is 6.04 Å². The summed E-state index contributed by atoms with van der Waals surface area (Å²) in [6, 6.07) is 5.40. The zero-order valence-corrected chi connectivity index (χ0v) is 17.5. The first-order valence-corrected chi connectivity index (χ1v) is 11.2. The normalized spacial score (nSPS) is 28.1. The maximum Gasteiger partial charge on any atom is 0.257 e. The molecule has 2 atom stereocenters. The smallest absolute Gasteiger partial charge is 0.257 e. The van der Waals surface area contributed by atoms with Crippen molar-refractivity contribution in [1.29, 1.82) is 0 Å². The number of carbonyl (C=O) groups excluding carboxylic acids is 3. The van der Waals surface area contributed by atoms with Crippen LogP contribution < -0.4 is 15.5 Å². The molecule has 0 aromatic heterocycles. The molecule has 4 aliphatic heterocycles. The van der Waals surface area contributed by atoms with Gasteiger partial charge in [0.2, 0.25) is 11.8 Å². The molecule has 3 fully saturated rings. The summed E-state index contributed by atoms with van der Waals surface area (Å²) in [5.74, 6) is -1.22. The maximum atomic E-state index is 13.1. The van der Waals surface area contributed by atoms with Crippen molar-refractivity contribution in [2.24, 2.45) is 0 Å². The summed E-state index contributed by atoms with van der Waals surface area (Å²) < 4.78 is 0. The Kier molecular flexibility index (Phi) is 5.41. The van der Waals surface area contributed by atoms with E-state index < -0.39 is 18.2 Å². The summed E-state index contributed by atoms with van der Waals surface area (Å²) in [6.07, 6.45) is 1.61. The number of nitrogens with zero attached hydrogens (tertiary/aromatic N) is 3. The third-order valence-corrected chi connectivity index (χ3v) is 7.09. The second-order valence-electron chi connectivity index (χ2n) is 8.83. The highest BCUT2D eigenvalue weighted by atomic mass is 16.3. The first kappa shape index (κ1) is 20.4. The van der Waals surface area contributed by atoms with Gasteiger partial charge in [0.05, 0.1) is 0 Å². The number of anilines is 1. The SMILES string of the molecule is O=C1CCC(N2C(=O)c3cc(N4CCN(C5CCNCC5)CC4)ccc3C2O)C(=O)N1. The Morgan fingerprint density at radius 2 is 1.71 bits per heavy atom. The quantitative estimate of drug-likeness (QED) is 0.575. The number of nitrogens with one attached hydrogen (secondary N) is 2. The Morgan fingerprint density at radius 3 is 2.42 bits per heavy atom. The molecule has 3 N–H and O–H groups in total. The van der Waals surface area contributed by atoms with Crippen molar-refractivity contribution in [3.8, 4) is 0 Å². The molecule has 166 valence electrons. The number of amides is 3. The van der Waals surface area contributed by atoms with Gasteiger partial charge >= 0.3 is 0 Å². The topological polar surface area (TPSA) is 105 Å². The number of benzene rings is 1. The van der Waals surface area contributed by atoms with Crippen LogP contribution in [-0.2, 0) is 9.59 Å². The molecule has 2 unspecified atom stereocenters. The highest BCUT2D eigenvalue weighted by Gasteiger charge is 2.44. The average molecular weight is 428 g/mol. The number of carbonyl (C=O) groups is 3. The van der Waals surface area contributed by atoms with Crippen LogP contribution in [-0.4, -0.2) is 84.0 Å². The molecular weight excluding hydrogens is 398 g/mol. The highest BCUT2D eigenvalue weighted by molar-refractivity contribution is 6.06. The van der Waals surface area contributed by atoms with Crippen molar-refractivity contribution < 1.29 is 19.5 Å². The third kappa shape index (κ3) is 3.71. The van der Waals surface area contributed by atoms with Crippen LogP contribution in [0.5, 0.6) is 0 Å². The van der Waals surface area contributed by atoms with Crippen molar-refractivity contribution in [3.63, 3.8) is 0 Å². The van der Waals surface area contributed by atoms with Crippen molar-refractivity contribution in [2.45, 2.75) is 44.0 Å². The Bertz CT molecular complexity index is 892. The Hall–Kier alpha value is -2.49. The first-order chi connectivity index (χ1) is 15.0. The summed E-state index contributed by atoms with van der Waals surface area (Å²) in [7, 11) is 0. The van der Waals surface area contributed by atoms with Gasteiger partial charge in [-0.05, 0) is 44.5 Å². The van der Waals surface area contributed by atoms with Gasteiger partial charge < -0.3 is 15.3 Å². The van der Waals surface area contributed by atoms with Crippen LogP contribution in [0.4, 0.5) is 5.69 Å².